The summed E-state index contributed by atoms with van der Waals surface area (Å²) >= 11 is 1.41. The van der Waals surface area contributed by atoms with E-state index in [0.717, 1.165) is 15.7 Å². The Labute approximate surface area is 143 Å². The molecule has 0 bridgehead atoms. The van der Waals surface area contributed by atoms with Crippen LogP contribution in [0.15, 0.2) is 62.0 Å². The van der Waals surface area contributed by atoms with Gasteiger partial charge in [-0.25, -0.2) is 4.79 Å². The van der Waals surface area contributed by atoms with Crippen LogP contribution in [0.1, 0.15) is 12.5 Å². The van der Waals surface area contributed by atoms with E-state index in [1.54, 1.807) is 6.92 Å². The zero-order valence-corrected chi connectivity index (χ0v) is 14.4. The van der Waals surface area contributed by atoms with Crippen molar-refractivity contribution < 1.29 is 4.74 Å². The van der Waals surface area contributed by atoms with Crippen molar-refractivity contribution in [1.29, 1.82) is 0 Å². The lowest BCUT2D eigenvalue weighted by molar-refractivity contribution is 0.0780. The number of nitrogens with zero attached hydrogens (tertiary/aromatic N) is 1. The number of H-pyrrole nitrogens is 1. The van der Waals surface area contributed by atoms with E-state index in [2.05, 4.69) is 4.98 Å². The molecule has 5 nitrogen and oxygen atoms in total. The minimum Gasteiger partial charge on any atom is -0.361 e. The Bertz CT molecular complexity index is 986. The number of rotatable bonds is 5. The highest BCUT2D eigenvalue weighted by molar-refractivity contribution is 7.99. The Morgan fingerprint density at radius 1 is 1.12 bits per heavy atom. The maximum absolute atomic E-state index is 12.2. The van der Waals surface area contributed by atoms with E-state index in [1.165, 1.54) is 16.3 Å². The second-order valence-electron chi connectivity index (χ2n) is 5.32. The number of nitrogens with one attached hydrogen (secondary N) is 1. The van der Waals surface area contributed by atoms with Gasteiger partial charge in [0.2, 0.25) is 0 Å². The van der Waals surface area contributed by atoms with Crippen LogP contribution in [0.4, 0.5) is 0 Å². The zero-order chi connectivity index (χ0) is 17.1. The number of ether oxygens (including phenoxy) is 1. The van der Waals surface area contributed by atoms with Crippen molar-refractivity contribution in [2.24, 2.45) is 0 Å². The van der Waals surface area contributed by atoms with Crippen molar-refractivity contribution in [2.45, 2.75) is 30.5 Å². The van der Waals surface area contributed by atoms with Crippen LogP contribution in [0.5, 0.6) is 0 Å². The third-order valence-electron chi connectivity index (χ3n) is 3.75. The topological polar surface area (TPSA) is 64.1 Å². The second kappa shape index (κ2) is 7.07. The standard InChI is InChI=1S/C18H18N2O3S/c1-3-23-11-20-17(12(2)16(21)19-18(20)22)24-15-10-6-8-13-7-4-5-9-14(13)15/h4-10H,3,11H2,1-2H3,(H,19,21,22). The summed E-state index contributed by atoms with van der Waals surface area (Å²) in [4.78, 5) is 27.5. The lowest BCUT2D eigenvalue weighted by Crippen LogP contribution is -2.33. The fourth-order valence-electron chi connectivity index (χ4n) is 2.47. The fraction of sp³-hybridized carbons (Fsp3) is 0.222. The van der Waals surface area contributed by atoms with E-state index < -0.39 is 5.69 Å². The van der Waals surface area contributed by atoms with Gasteiger partial charge >= 0.3 is 5.69 Å². The van der Waals surface area contributed by atoms with Crippen LogP contribution in [0.2, 0.25) is 0 Å². The number of hydrogen-bond acceptors (Lipinski definition) is 4. The van der Waals surface area contributed by atoms with Crippen molar-refractivity contribution in [2.75, 3.05) is 6.61 Å². The van der Waals surface area contributed by atoms with Gasteiger partial charge in [-0.05, 0) is 30.7 Å². The summed E-state index contributed by atoms with van der Waals surface area (Å²) in [6.07, 6.45) is 0. The van der Waals surface area contributed by atoms with Crippen LogP contribution in [0.3, 0.4) is 0 Å². The molecule has 3 rings (SSSR count). The number of aromatic nitrogens is 2. The van der Waals surface area contributed by atoms with E-state index in [4.69, 9.17) is 4.74 Å². The van der Waals surface area contributed by atoms with E-state index in [9.17, 15) is 9.59 Å². The molecule has 1 heterocycles. The molecule has 0 aliphatic heterocycles. The SMILES string of the molecule is CCOCn1c(Sc2cccc3ccccc23)c(C)c(=O)[nH]c1=O. The summed E-state index contributed by atoms with van der Waals surface area (Å²) in [6.45, 7) is 4.18. The molecule has 0 saturated carbocycles. The van der Waals surface area contributed by atoms with Crippen molar-refractivity contribution in [1.82, 2.24) is 9.55 Å². The van der Waals surface area contributed by atoms with E-state index in [-0.39, 0.29) is 12.3 Å². The van der Waals surface area contributed by atoms with Gasteiger partial charge in [0.1, 0.15) is 6.73 Å². The highest BCUT2D eigenvalue weighted by Crippen LogP contribution is 2.33. The Kier molecular flexibility index (Phi) is 4.87. The first-order chi connectivity index (χ1) is 11.6. The Morgan fingerprint density at radius 3 is 2.67 bits per heavy atom. The summed E-state index contributed by atoms with van der Waals surface area (Å²) in [5, 5.41) is 2.80. The number of fused-ring (bicyclic) bond motifs is 1. The Morgan fingerprint density at radius 2 is 1.88 bits per heavy atom. The summed E-state index contributed by atoms with van der Waals surface area (Å²) < 4.78 is 6.85. The van der Waals surface area contributed by atoms with E-state index in [1.807, 2.05) is 49.4 Å². The normalized spacial score (nSPS) is 11.1. The van der Waals surface area contributed by atoms with Gasteiger partial charge in [0, 0.05) is 17.1 Å². The molecule has 0 atom stereocenters. The molecule has 0 spiro atoms. The molecule has 0 aliphatic carbocycles. The molecule has 2 aromatic carbocycles. The predicted molar refractivity (Wildman–Crippen MR) is 95.8 cm³/mol. The van der Waals surface area contributed by atoms with Crippen LogP contribution in [0.25, 0.3) is 10.8 Å². The molecule has 0 amide bonds. The van der Waals surface area contributed by atoms with Gasteiger partial charge in [-0.3, -0.25) is 14.3 Å². The quantitative estimate of drug-likeness (QED) is 0.724. The summed E-state index contributed by atoms with van der Waals surface area (Å²) in [6, 6.07) is 14.0. The van der Waals surface area contributed by atoms with Crippen LogP contribution in [-0.4, -0.2) is 16.2 Å². The predicted octanol–water partition coefficient (Wildman–Crippen LogP) is 3.14. The van der Waals surface area contributed by atoms with Crippen molar-refractivity contribution in [3.05, 3.63) is 68.9 Å². The molecule has 0 fully saturated rings. The van der Waals surface area contributed by atoms with Gasteiger partial charge in [0.25, 0.3) is 5.56 Å². The third-order valence-corrected chi connectivity index (χ3v) is 5.05. The molecule has 1 aromatic heterocycles. The highest BCUT2D eigenvalue weighted by Gasteiger charge is 2.14. The molecule has 0 unspecified atom stereocenters. The first kappa shape index (κ1) is 16.5. The lowest BCUT2D eigenvalue weighted by atomic mass is 10.1. The highest BCUT2D eigenvalue weighted by atomic mass is 32.2. The summed E-state index contributed by atoms with van der Waals surface area (Å²) in [5.41, 5.74) is -0.315. The molecule has 0 aliphatic rings. The monoisotopic (exact) mass is 342 g/mol. The zero-order valence-electron chi connectivity index (χ0n) is 13.5. The molecule has 1 N–H and O–H groups in total. The van der Waals surface area contributed by atoms with Gasteiger partial charge in [-0.15, -0.1) is 0 Å². The molecule has 3 aromatic rings. The average Bonchev–Trinajstić information content (AvgIpc) is 2.59. The van der Waals surface area contributed by atoms with Gasteiger partial charge in [0.05, 0.1) is 5.03 Å². The molecule has 6 heteroatoms. The van der Waals surface area contributed by atoms with Crippen molar-refractivity contribution >= 4 is 22.5 Å². The smallest absolute Gasteiger partial charge is 0.331 e. The maximum atomic E-state index is 12.2. The molecule has 0 radical (unpaired) electrons. The van der Waals surface area contributed by atoms with E-state index in [0.29, 0.717) is 17.2 Å². The van der Waals surface area contributed by atoms with Gasteiger partial charge in [0.15, 0.2) is 0 Å². The van der Waals surface area contributed by atoms with Crippen molar-refractivity contribution in [3.8, 4) is 0 Å². The molecule has 124 valence electrons. The second-order valence-corrected chi connectivity index (χ2v) is 6.35. The fourth-order valence-corrected chi connectivity index (χ4v) is 3.61. The van der Waals surface area contributed by atoms with Gasteiger partial charge in [-0.2, -0.15) is 0 Å². The van der Waals surface area contributed by atoms with Crippen LogP contribution in [0, 0.1) is 6.92 Å². The Balaban J connectivity index is 2.15. The molecular formula is C18H18N2O3S. The third kappa shape index (κ3) is 3.16. The summed E-state index contributed by atoms with van der Waals surface area (Å²) in [7, 11) is 0. The average molecular weight is 342 g/mol. The molecule has 0 saturated heterocycles. The number of benzene rings is 2. The molecule has 24 heavy (non-hydrogen) atoms. The largest absolute Gasteiger partial charge is 0.361 e. The maximum Gasteiger partial charge on any atom is 0.331 e. The van der Waals surface area contributed by atoms with Crippen LogP contribution >= 0.6 is 11.8 Å². The van der Waals surface area contributed by atoms with Gasteiger partial charge in [-0.1, -0.05) is 48.2 Å². The van der Waals surface area contributed by atoms with Crippen LogP contribution in [-0.2, 0) is 11.5 Å². The summed E-state index contributed by atoms with van der Waals surface area (Å²) in [5.74, 6) is 0. The first-order valence-corrected chi connectivity index (χ1v) is 8.50. The minimum atomic E-state index is -0.457. The Hall–Kier alpha value is -2.31. The number of aromatic amines is 1. The lowest BCUT2D eigenvalue weighted by Gasteiger charge is -2.14. The van der Waals surface area contributed by atoms with E-state index >= 15 is 0 Å². The van der Waals surface area contributed by atoms with Crippen LogP contribution < -0.4 is 11.2 Å². The van der Waals surface area contributed by atoms with Crippen molar-refractivity contribution in [3.63, 3.8) is 0 Å². The first-order valence-electron chi connectivity index (χ1n) is 7.69. The minimum absolute atomic E-state index is 0.111. The number of hydrogen-bond donors (Lipinski definition) is 1. The molecular weight excluding hydrogens is 324 g/mol. The van der Waals surface area contributed by atoms with Gasteiger partial charge < -0.3 is 4.74 Å².